The molecule has 0 aromatic rings. The Bertz CT molecular complexity index is 210. The molecule has 0 aromatic heterocycles. The summed E-state index contributed by atoms with van der Waals surface area (Å²) in [4.78, 5) is 15.8. The van der Waals surface area contributed by atoms with E-state index in [1.54, 1.807) is 0 Å². The molecule has 1 rings (SSSR count). The maximum Gasteiger partial charge on any atom is 0.235 e. The van der Waals surface area contributed by atoms with Crippen molar-refractivity contribution in [3.8, 4) is 0 Å². The van der Waals surface area contributed by atoms with Gasteiger partial charge < -0.3 is 4.90 Å². The number of amides is 1. The summed E-state index contributed by atoms with van der Waals surface area (Å²) in [6, 6.07) is 0.278. The number of hydrogen-bond donors (Lipinski definition) is 2. The van der Waals surface area contributed by atoms with Crippen LogP contribution in [-0.2, 0) is 4.79 Å². The minimum Gasteiger partial charge on any atom is -0.305 e. The van der Waals surface area contributed by atoms with E-state index in [4.69, 9.17) is 5.84 Å². The van der Waals surface area contributed by atoms with Gasteiger partial charge in [0.25, 0.3) is 0 Å². The quantitative estimate of drug-likeness (QED) is 0.374. The van der Waals surface area contributed by atoms with Crippen molar-refractivity contribution in [3.63, 3.8) is 0 Å². The number of nitrogens with one attached hydrogen (secondary N) is 1. The normalized spacial score (nSPS) is 22.1. The molecular formula is C10H22N4O. The van der Waals surface area contributed by atoms with Crippen molar-refractivity contribution in [1.29, 1.82) is 0 Å². The molecule has 5 heteroatoms. The lowest BCUT2D eigenvalue weighted by atomic mass is 10.2. The standard InChI is InChI=1S/C10H22N4O/c1-9(8-10(15)12-11)14-5-3-4-13(2)6-7-14/h9H,3-8,11H2,1-2H3,(H,12,15). The topological polar surface area (TPSA) is 61.6 Å². The molecule has 0 saturated carbocycles. The SMILES string of the molecule is CC(CC(=O)NN)N1CCCN(C)CC1. The minimum absolute atomic E-state index is 0.0832. The van der Waals surface area contributed by atoms with Crippen LogP contribution in [0, 0.1) is 0 Å². The van der Waals surface area contributed by atoms with Crippen LogP contribution in [0.25, 0.3) is 0 Å². The molecular weight excluding hydrogens is 192 g/mol. The highest BCUT2D eigenvalue weighted by Crippen LogP contribution is 2.08. The van der Waals surface area contributed by atoms with Crippen LogP contribution in [0.3, 0.4) is 0 Å². The highest BCUT2D eigenvalue weighted by atomic mass is 16.2. The number of rotatable bonds is 3. The number of carbonyl (C=O) groups excluding carboxylic acids is 1. The first-order chi connectivity index (χ1) is 7.13. The molecule has 1 heterocycles. The van der Waals surface area contributed by atoms with E-state index in [0.29, 0.717) is 6.42 Å². The molecule has 1 fully saturated rings. The van der Waals surface area contributed by atoms with E-state index in [0.717, 1.165) is 26.2 Å². The van der Waals surface area contributed by atoms with Crippen molar-refractivity contribution < 1.29 is 4.79 Å². The lowest BCUT2D eigenvalue weighted by Gasteiger charge is -2.26. The summed E-state index contributed by atoms with van der Waals surface area (Å²) in [5, 5.41) is 0. The summed E-state index contributed by atoms with van der Waals surface area (Å²) in [7, 11) is 2.14. The predicted octanol–water partition coefficient (Wildman–Crippen LogP) is -0.608. The van der Waals surface area contributed by atoms with Crippen LogP contribution >= 0.6 is 0 Å². The van der Waals surface area contributed by atoms with Gasteiger partial charge in [0.1, 0.15) is 0 Å². The molecule has 1 unspecified atom stereocenters. The Morgan fingerprint density at radius 3 is 2.80 bits per heavy atom. The lowest BCUT2D eigenvalue weighted by Crippen LogP contribution is -2.41. The minimum atomic E-state index is -0.0832. The van der Waals surface area contributed by atoms with Crippen molar-refractivity contribution in [2.75, 3.05) is 33.2 Å². The van der Waals surface area contributed by atoms with Gasteiger partial charge in [-0.2, -0.15) is 0 Å². The van der Waals surface area contributed by atoms with Crippen LogP contribution in [0.15, 0.2) is 0 Å². The first-order valence-electron chi connectivity index (χ1n) is 5.55. The molecule has 1 atom stereocenters. The van der Waals surface area contributed by atoms with Crippen molar-refractivity contribution in [1.82, 2.24) is 15.2 Å². The maximum absolute atomic E-state index is 11.1. The molecule has 0 spiro atoms. The smallest absolute Gasteiger partial charge is 0.235 e. The molecule has 0 radical (unpaired) electrons. The number of hydrazine groups is 1. The number of likely N-dealkylation sites (N-methyl/N-ethyl adjacent to an activating group) is 1. The second-order valence-electron chi connectivity index (χ2n) is 4.31. The largest absolute Gasteiger partial charge is 0.305 e. The monoisotopic (exact) mass is 214 g/mol. The van der Waals surface area contributed by atoms with Gasteiger partial charge in [0.05, 0.1) is 0 Å². The van der Waals surface area contributed by atoms with Gasteiger partial charge in [-0.05, 0) is 33.5 Å². The molecule has 0 aromatic carbocycles. The Labute approximate surface area is 91.6 Å². The third kappa shape index (κ3) is 4.15. The second kappa shape index (κ2) is 6.05. The van der Waals surface area contributed by atoms with Gasteiger partial charge in [-0.15, -0.1) is 0 Å². The molecule has 0 aliphatic carbocycles. The molecule has 1 saturated heterocycles. The predicted molar refractivity (Wildman–Crippen MR) is 60.1 cm³/mol. The average molecular weight is 214 g/mol. The van der Waals surface area contributed by atoms with Crippen LogP contribution < -0.4 is 11.3 Å². The van der Waals surface area contributed by atoms with Crippen LogP contribution in [-0.4, -0.2) is 55.0 Å². The molecule has 5 nitrogen and oxygen atoms in total. The number of nitrogens with zero attached hydrogens (tertiary/aromatic N) is 2. The van der Waals surface area contributed by atoms with Gasteiger partial charge in [-0.25, -0.2) is 5.84 Å². The Kier molecular flexibility index (Phi) is 5.01. The maximum atomic E-state index is 11.1. The third-order valence-corrected chi connectivity index (χ3v) is 3.02. The molecule has 88 valence electrons. The van der Waals surface area contributed by atoms with Crippen molar-refractivity contribution in [2.24, 2.45) is 5.84 Å². The van der Waals surface area contributed by atoms with Crippen LogP contribution in [0.5, 0.6) is 0 Å². The first-order valence-corrected chi connectivity index (χ1v) is 5.55. The highest BCUT2D eigenvalue weighted by molar-refractivity contribution is 5.75. The molecule has 1 amide bonds. The van der Waals surface area contributed by atoms with E-state index < -0.39 is 0 Å². The Hall–Kier alpha value is -0.650. The summed E-state index contributed by atoms with van der Waals surface area (Å²) in [6.45, 7) is 6.42. The fourth-order valence-electron chi connectivity index (χ4n) is 1.96. The van der Waals surface area contributed by atoms with Gasteiger partial charge in [0.2, 0.25) is 5.91 Å². The van der Waals surface area contributed by atoms with E-state index in [2.05, 4.69) is 29.2 Å². The van der Waals surface area contributed by atoms with Crippen LogP contribution in [0.4, 0.5) is 0 Å². The second-order valence-corrected chi connectivity index (χ2v) is 4.31. The lowest BCUT2D eigenvalue weighted by molar-refractivity contribution is -0.122. The molecule has 15 heavy (non-hydrogen) atoms. The summed E-state index contributed by atoms with van der Waals surface area (Å²) in [5.74, 6) is 4.99. The first kappa shape index (κ1) is 12.4. The Balaban J connectivity index is 2.37. The fraction of sp³-hybridized carbons (Fsp3) is 0.900. The number of carbonyl (C=O) groups is 1. The van der Waals surface area contributed by atoms with Crippen molar-refractivity contribution in [2.45, 2.75) is 25.8 Å². The van der Waals surface area contributed by atoms with Crippen LogP contribution in [0.1, 0.15) is 19.8 Å². The van der Waals surface area contributed by atoms with Crippen molar-refractivity contribution in [3.05, 3.63) is 0 Å². The number of hydrogen-bond acceptors (Lipinski definition) is 4. The van der Waals surface area contributed by atoms with E-state index >= 15 is 0 Å². The molecule has 1 aliphatic heterocycles. The summed E-state index contributed by atoms with van der Waals surface area (Å²) in [6.07, 6.45) is 1.66. The van der Waals surface area contributed by atoms with Gasteiger partial charge >= 0.3 is 0 Å². The van der Waals surface area contributed by atoms with E-state index in [9.17, 15) is 4.79 Å². The fourth-order valence-corrected chi connectivity index (χ4v) is 1.96. The number of nitrogens with two attached hydrogens (primary N) is 1. The highest BCUT2D eigenvalue weighted by Gasteiger charge is 2.19. The summed E-state index contributed by atoms with van der Waals surface area (Å²) in [5.41, 5.74) is 2.18. The van der Waals surface area contributed by atoms with Gasteiger partial charge in [0, 0.05) is 25.6 Å². The van der Waals surface area contributed by atoms with E-state index in [1.165, 1.54) is 6.42 Å². The zero-order valence-corrected chi connectivity index (χ0v) is 9.70. The Morgan fingerprint density at radius 2 is 2.13 bits per heavy atom. The molecule has 0 bridgehead atoms. The molecule has 1 aliphatic rings. The van der Waals surface area contributed by atoms with E-state index in [1.807, 2.05) is 0 Å². The van der Waals surface area contributed by atoms with Crippen molar-refractivity contribution >= 4 is 5.91 Å². The van der Waals surface area contributed by atoms with Gasteiger partial charge in [-0.3, -0.25) is 15.1 Å². The van der Waals surface area contributed by atoms with E-state index in [-0.39, 0.29) is 11.9 Å². The molecule has 3 N–H and O–H groups in total. The van der Waals surface area contributed by atoms with Gasteiger partial charge in [0.15, 0.2) is 0 Å². The summed E-state index contributed by atoms with van der Waals surface area (Å²) >= 11 is 0. The zero-order chi connectivity index (χ0) is 11.3. The average Bonchev–Trinajstić information content (AvgIpc) is 2.42. The van der Waals surface area contributed by atoms with Gasteiger partial charge in [-0.1, -0.05) is 0 Å². The van der Waals surface area contributed by atoms with Crippen LogP contribution in [0.2, 0.25) is 0 Å². The Morgan fingerprint density at radius 1 is 1.40 bits per heavy atom. The zero-order valence-electron chi connectivity index (χ0n) is 9.70. The third-order valence-electron chi connectivity index (χ3n) is 3.02. The summed E-state index contributed by atoms with van der Waals surface area (Å²) < 4.78 is 0.